The first kappa shape index (κ1) is 12.5. The Kier molecular flexibility index (Phi) is 3.29. The van der Waals surface area contributed by atoms with Crippen LogP contribution in [0.25, 0.3) is 0 Å². The molecule has 0 aliphatic carbocycles. The highest BCUT2D eigenvalue weighted by Gasteiger charge is 2.37. The zero-order valence-electron chi connectivity index (χ0n) is 10.1. The van der Waals surface area contributed by atoms with Crippen molar-refractivity contribution in [2.45, 2.75) is 25.4 Å². The molecule has 1 saturated heterocycles. The fraction of sp³-hybridized carbons (Fsp3) is 0.417. The van der Waals surface area contributed by atoms with Crippen molar-refractivity contribution in [2.75, 3.05) is 6.54 Å². The molecule has 2 rings (SSSR count). The molecule has 1 heterocycles. The van der Waals surface area contributed by atoms with Gasteiger partial charge in [0.05, 0.1) is 11.0 Å². The second-order valence-electron chi connectivity index (χ2n) is 4.34. The van der Waals surface area contributed by atoms with Crippen molar-refractivity contribution in [1.29, 1.82) is 0 Å². The first-order chi connectivity index (χ1) is 8.54. The molecule has 1 aliphatic rings. The molecule has 1 aliphatic heterocycles. The van der Waals surface area contributed by atoms with Gasteiger partial charge in [0.15, 0.2) is 0 Å². The maximum absolute atomic E-state index is 11.7. The molecule has 0 spiro atoms. The first-order valence-electron chi connectivity index (χ1n) is 5.84. The van der Waals surface area contributed by atoms with Crippen molar-refractivity contribution in [3.63, 3.8) is 0 Å². The van der Waals surface area contributed by atoms with Crippen LogP contribution in [0.3, 0.4) is 0 Å². The van der Waals surface area contributed by atoms with Gasteiger partial charge in [0.25, 0.3) is 5.69 Å². The highest BCUT2D eigenvalue weighted by atomic mass is 16.6. The minimum absolute atomic E-state index is 0.00139. The zero-order chi connectivity index (χ0) is 13.3. The average Bonchev–Trinajstić information content (AvgIpc) is 2.63. The number of nitro groups is 1. The Balaban J connectivity index is 2.38. The van der Waals surface area contributed by atoms with Crippen LogP contribution in [-0.2, 0) is 4.79 Å². The summed E-state index contributed by atoms with van der Waals surface area (Å²) in [6.45, 7) is 2.43. The number of non-ortho nitro benzene ring substituents is 1. The fourth-order valence-corrected chi connectivity index (χ4v) is 2.44. The van der Waals surface area contributed by atoms with Gasteiger partial charge in [-0.2, -0.15) is 0 Å². The van der Waals surface area contributed by atoms with Gasteiger partial charge in [-0.25, -0.2) is 0 Å². The van der Waals surface area contributed by atoms with Crippen LogP contribution in [0, 0.1) is 10.1 Å². The number of amides is 1. The number of benzene rings is 1. The van der Waals surface area contributed by atoms with Crippen molar-refractivity contribution < 1.29 is 9.72 Å². The van der Waals surface area contributed by atoms with Crippen LogP contribution in [0.2, 0.25) is 0 Å². The van der Waals surface area contributed by atoms with Gasteiger partial charge < -0.3 is 10.6 Å². The molecule has 0 bridgehead atoms. The Morgan fingerprint density at radius 2 is 2.28 bits per heavy atom. The summed E-state index contributed by atoms with van der Waals surface area (Å²) in [5.74, 6) is 0.00139. The SMILES string of the molecule is CCN1C(=O)CC(N)C1c1cccc([N+](=O)[O-])c1. The summed E-state index contributed by atoms with van der Waals surface area (Å²) in [6.07, 6.45) is 0.293. The number of likely N-dealkylation sites (tertiary alicyclic amines) is 1. The molecule has 0 aromatic heterocycles. The van der Waals surface area contributed by atoms with Crippen LogP contribution in [-0.4, -0.2) is 28.3 Å². The Hall–Kier alpha value is -1.95. The number of nitrogens with zero attached hydrogens (tertiary/aromatic N) is 2. The van der Waals surface area contributed by atoms with Crippen LogP contribution < -0.4 is 5.73 Å². The lowest BCUT2D eigenvalue weighted by Crippen LogP contribution is -2.32. The molecule has 96 valence electrons. The van der Waals surface area contributed by atoms with Crippen LogP contribution >= 0.6 is 0 Å². The third-order valence-electron chi connectivity index (χ3n) is 3.24. The third-order valence-corrected chi connectivity index (χ3v) is 3.24. The minimum Gasteiger partial charge on any atom is -0.334 e. The Morgan fingerprint density at radius 1 is 1.56 bits per heavy atom. The Labute approximate surface area is 105 Å². The zero-order valence-corrected chi connectivity index (χ0v) is 10.1. The largest absolute Gasteiger partial charge is 0.334 e. The maximum Gasteiger partial charge on any atom is 0.269 e. The van der Waals surface area contributed by atoms with E-state index in [0.717, 1.165) is 5.56 Å². The van der Waals surface area contributed by atoms with Crippen LogP contribution in [0.5, 0.6) is 0 Å². The van der Waals surface area contributed by atoms with Crippen molar-refractivity contribution in [3.05, 3.63) is 39.9 Å². The number of nitro benzene ring substituents is 1. The van der Waals surface area contributed by atoms with E-state index in [1.54, 1.807) is 17.0 Å². The second-order valence-corrected chi connectivity index (χ2v) is 4.34. The van der Waals surface area contributed by atoms with Gasteiger partial charge in [0.2, 0.25) is 5.91 Å². The van der Waals surface area contributed by atoms with E-state index in [2.05, 4.69) is 0 Å². The van der Waals surface area contributed by atoms with E-state index in [1.165, 1.54) is 12.1 Å². The number of carbonyl (C=O) groups is 1. The van der Waals surface area contributed by atoms with Gasteiger partial charge in [-0.15, -0.1) is 0 Å². The van der Waals surface area contributed by atoms with Crippen LogP contribution in [0.4, 0.5) is 5.69 Å². The highest BCUT2D eigenvalue weighted by Crippen LogP contribution is 2.33. The molecule has 6 nitrogen and oxygen atoms in total. The summed E-state index contributed by atoms with van der Waals surface area (Å²) in [5, 5.41) is 10.8. The van der Waals surface area contributed by atoms with E-state index in [-0.39, 0.29) is 23.7 Å². The molecule has 1 fully saturated rings. The van der Waals surface area contributed by atoms with E-state index in [4.69, 9.17) is 5.73 Å². The molecule has 18 heavy (non-hydrogen) atoms. The van der Waals surface area contributed by atoms with Gasteiger partial charge >= 0.3 is 0 Å². The fourth-order valence-electron chi connectivity index (χ4n) is 2.44. The number of likely N-dealkylation sites (N-methyl/N-ethyl adjacent to an activating group) is 1. The minimum atomic E-state index is -0.442. The molecule has 2 atom stereocenters. The lowest BCUT2D eigenvalue weighted by atomic mass is 10.0. The normalized spacial score (nSPS) is 23.4. The van der Waals surface area contributed by atoms with E-state index >= 15 is 0 Å². The number of carbonyl (C=O) groups excluding carboxylic acids is 1. The summed E-state index contributed by atoms with van der Waals surface area (Å²) in [5.41, 5.74) is 6.71. The Morgan fingerprint density at radius 3 is 2.89 bits per heavy atom. The first-order valence-corrected chi connectivity index (χ1v) is 5.84. The molecular formula is C12H15N3O3. The summed E-state index contributed by atoms with van der Waals surface area (Å²) in [7, 11) is 0. The highest BCUT2D eigenvalue weighted by molar-refractivity contribution is 5.80. The summed E-state index contributed by atoms with van der Waals surface area (Å²) >= 11 is 0. The predicted octanol–water partition coefficient (Wildman–Crippen LogP) is 1.22. The number of nitrogens with two attached hydrogens (primary N) is 1. The lowest BCUT2D eigenvalue weighted by molar-refractivity contribution is -0.384. The Bertz CT molecular complexity index is 489. The van der Waals surface area contributed by atoms with E-state index < -0.39 is 4.92 Å². The summed E-state index contributed by atoms with van der Waals surface area (Å²) < 4.78 is 0. The lowest BCUT2D eigenvalue weighted by Gasteiger charge is -2.25. The molecule has 2 N–H and O–H groups in total. The third kappa shape index (κ3) is 2.06. The quantitative estimate of drug-likeness (QED) is 0.644. The van der Waals surface area contributed by atoms with Crippen molar-refractivity contribution in [1.82, 2.24) is 4.90 Å². The smallest absolute Gasteiger partial charge is 0.269 e. The molecule has 2 unspecified atom stereocenters. The maximum atomic E-state index is 11.7. The molecule has 6 heteroatoms. The molecule has 1 aromatic rings. The topological polar surface area (TPSA) is 89.5 Å². The molecule has 1 aromatic carbocycles. The molecule has 1 amide bonds. The van der Waals surface area contributed by atoms with Gasteiger partial charge in [-0.3, -0.25) is 14.9 Å². The van der Waals surface area contributed by atoms with E-state index in [1.807, 2.05) is 6.92 Å². The van der Waals surface area contributed by atoms with E-state index in [0.29, 0.717) is 13.0 Å². The van der Waals surface area contributed by atoms with Crippen molar-refractivity contribution in [3.8, 4) is 0 Å². The second kappa shape index (κ2) is 4.73. The van der Waals surface area contributed by atoms with Crippen LogP contribution in [0.15, 0.2) is 24.3 Å². The standard InChI is InChI=1S/C12H15N3O3/c1-2-14-11(16)7-10(13)12(14)8-4-3-5-9(6-8)15(17)18/h3-6,10,12H,2,7,13H2,1H3. The van der Waals surface area contributed by atoms with Gasteiger partial charge in [0.1, 0.15) is 0 Å². The monoisotopic (exact) mass is 249 g/mol. The van der Waals surface area contributed by atoms with Crippen molar-refractivity contribution >= 4 is 11.6 Å². The average molecular weight is 249 g/mol. The van der Waals surface area contributed by atoms with Crippen molar-refractivity contribution in [2.24, 2.45) is 5.73 Å². The van der Waals surface area contributed by atoms with Gasteiger partial charge in [0, 0.05) is 31.1 Å². The van der Waals surface area contributed by atoms with Crippen LogP contribution in [0.1, 0.15) is 24.9 Å². The number of hydrogen-bond acceptors (Lipinski definition) is 4. The van der Waals surface area contributed by atoms with Gasteiger partial charge in [-0.05, 0) is 12.5 Å². The number of rotatable bonds is 3. The molecular weight excluding hydrogens is 234 g/mol. The van der Waals surface area contributed by atoms with E-state index in [9.17, 15) is 14.9 Å². The predicted molar refractivity (Wildman–Crippen MR) is 65.8 cm³/mol. The van der Waals surface area contributed by atoms with Gasteiger partial charge in [-0.1, -0.05) is 12.1 Å². The summed E-state index contributed by atoms with van der Waals surface area (Å²) in [4.78, 5) is 23.7. The molecule has 0 saturated carbocycles. The number of hydrogen-bond donors (Lipinski definition) is 1. The summed E-state index contributed by atoms with van der Waals surface area (Å²) in [6, 6.07) is 5.76. The molecule has 0 radical (unpaired) electrons.